The van der Waals surface area contributed by atoms with Crippen LogP contribution < -0.4 is 10.2 Å². The summed E-state index contributed by atoms with van der Waals surface area (Å²) in [5.74, 6) is 2.46. The van der Waals surface area contributed by atoms with E-state index in [9.17, 15) is 0 Å². The van der Waals surface area contributed by atoms with Crippen molar-refractivity contribution in [1.82, 2.24) is 9.97 Å². The van der Waals surface area contributed by atoms with Gasteiger partial charge in [0.15, 0.2) is 0 Å². The maximum atomic E-state index is 5.05. The number of nitrogens with one attached hydrogen (secondary N) is 1. The number of nitrogens with zero attached hydrogens (tertiary/aromatic N) is 3. The van der Waals surface area contributed by atoms with Crippen molar-refractivity contribution in [1.29, 1.82) is 0 Å². The Morgan fingerprint density at radius 3 is 3.05 bits per heavy atom. The minimum Gasteiger partial charge on any atom is -0.481 e. The second kappa shape index (κ2) is 4.89. The number of aromatic nitrogens is 2. The Balaban J connectivity index is 1.65. The van der Waals surface area contributed by atoms with Gasteiger partial charge in [-0.05, 0) is 35.7 Å². The van der Waals surface area contributed by atoms with E-state index in [1.165, 1.54) is 18.4 Å². The molecule has 3 aliphatic rings. The molecule has 5 heteroatoms. The molecule has 20 heavy (non-hydrogen) atoms. The van der Waals surface area contributed by atoms with Gasteiger partial charge in [-0.1, -0.05) is 19.9 Å². The molecule has 0 saturated heterocycles. The molecule has 2 bridgehead atoms. The SMILES string of the molecule is COc1ccnc(N/N=C/C2=CCC3CC2C3(C)C)n1. The molecule has 3 aliphatic carbocycles. The Morgan fingerprint density at radius 2 is 2.35 bits per heavy atom. The lowest BCUT2D eigenvalue weighted by Crippen LogP contribution is -2.48. The molecule has 4 rings (SSSR count). The molecule has 1 saturated carbocycles. The van der Waals surface area contributed by atoms with Crippen LogP contribution in [0.3, 0.4) is 0 Å². The Morgan fingerprint density at radius 1 is 1.50 bits per heavy atom. The molecule has 0 spiro atoms. The fourth-order valence-electron chi connectivity index (χ4n) is 3.22. The van der Waals surface area contributed by atoms with Gasteiger partial charge in [-0.25, -0.2) is 10.4 Å². The summed E-state index contributed by atoms with van der Waals surface area (Å²) >= 11 is 0. The summed E-state index contributed by atoms with van der Waals surface area (Å²) in [6.45, 7) is 4.70. The highest BCUT2D eigenvalue weighted by atomic mass is 16.5. The maximum absolute atomic E-state index is 5.05. The summed E-state index contributed by atoms with van der Waals surface area (Å²) in [6, 6.07) is 1.70. The average molecular weight is 272 g/mol. The molecule has 0 radical (unpaired) electrons. The zero-order valence-electron chi connectivity index (χ0n) is 12.1. The van der Waals surface area contributed by atoms with Crippen molar-refractivity contribution in [3.63, 3.8) is 0 Å². The average Bonchev–Trinajstić information content (AvgIpc) is 2.47. The first kappa shape index (κ1) is 13.1. The highest BCUT2D eigenvalue weighted by Crippen LogP contribution is 2.58. The van der Waals surface area contributed by atoms with E-state index < -0.39 is 0 Å². The van der Waals surface area contributed by atoms with E-state index in [1.54, 1.807) is 19.4 Å². The number of anilines is 1. The molecule has 5 nitrogen and oxygen atoms in total. The van der Waals surface area contributed by atoms with Gasteiger partial charge in [-0.2, -0.15) is 10.1 Å². The van der Waals surface area contributed by atoms with Crippen molar-refractivity contribution in [3.05, 3.63) is 23.9 Å². The van der Waals surface area contributed by atoms with Crippen LogP contribution in [0.2, 0.25) is 0 Å². The summed E-state index contributed by atoms with van der Waals surface area (Å²) in [6.07, 6.45) is 8.32. The van der Waals surface area contributed by atoms with E-state index in [1.807, 2.05) is 6.21 Å². The number of allylic oxidation sites excluding steroid dienone is 2. The number of rotatable bonds is 4. The van der Waals surface area contributed by atoms with Gasteiger partial charge in [0.2, 0.25) is 11.8 Å². The monoisotopic (exact) mass is 272 g/mol. The largest absolute Gasteiger partial charge is 0.481 e. The highest BCUT2D eigenvalue weighted by molar-refractivity contribution is 5.81. The predicted molar refractivity (Wildman–Crippen MR) is 78.8 cm³/mol. The first-order valence-corrected chi connectivity index (χ1v) is 6.97. The molecule has 0 aromatic carbocycles. The fraction of sp³-hybridized carbons (Fsp3) is 0.533. The Labute approximate surface area is 119 Å². The summed E-state index contributed by atoms with van der Waals surface area (Å²) in [5.41, 5.74) is 4.60. The number of hydrogen-bond acceptors (Lipinski definition) is 5. The van der Waals surface area contributed by atoms with Crippen LogP contribution in [0.4, 0.5) is 5.95 Å². The summed E-state index contributed by atoms with van der Waals surface area (Å²) in [5, 5.41) is 4.26. The second-order valence-corrected chi connectivity index (χ2v) is 6.04. The molecular formula is C15H20N4O. The number of ether oxygens (including phenoxy) is 1. The third kappa shape index (κ3) is 2.17. The lowest BCUT2D eigenvalue weighted by Gasteiger charge is -2.55. The van der Waals surface area contributed by atoms with Crippen LogP contribution in [-0.2, 0) is 0 Å². The zero-order chi connectivity index (χ0) is 14.2. The van der Waals surface area contributed by atoms with Crippen LogP contribution in [-0.4, -0.2) is 23.3 Å². The molecule has 0 amide bonds. The van der Waals surface area contributed by atoms with Crippen molar-refractivity contribution in [2.45, 2.75) is 26.7 Å². The summed E-state index contributed by atoms with van der Waals surface area (Å²) in [4.78, 5) is 8.25. The van der Waals surface area contributed by atoms with Crippen LogP contribution in [0, 0.1) is 17.3 Å². The van der Waals surface area contributed by atoms with Crippen LogP contribution >= 0.6 is 0 Å². The highest BCUT2D eigenvalue weighted by Gasteiger charge is 2.50. The van der Waals surface area contributed by atoms with E-state index in [2.05, 4.69) is 40.4 Å². The van der Waals surface area contributed by atoms with Gasteiger partial charge in [0.05, 0.1) is 13.3 Å². The van der Waals surface area contributed by atoms with E-state index in [-0.39, 0.29) is 0 Å². The molecule has 2 atom stereocenters. The van der Waals surface area contributed by atoms with Gasteiger partial charge in [0.25, 0.3) is 0 Å². The molecule has 2 unspecified atom stereocenters. The number of hydrazone groups is 1. The van der Waals surface area contributed by atoms with Crippen molar-refractivity contribution in [3.8, 4) is 5.88 Å². The smallest absolute Gasteiger partial charge is 0.246 e. The maximum Gasteiger partial charge on any atom is 0.246 e. The van der Waals surface area contributed by atoms with E-state index in [4.69, 9.17) is 4.74 Å². The lowest BCUT2D eigenvalue weighted by atomic mass is 9.49. The molecule has 1 aromatic rings. The molecule has 1 heterocycles. The van der Waals surface area contributed by atoms with Crippen molar-refractivity contribution in [2.75, 3.05) is 12.5 Å². The quantitative estimate of drug-likeness (QED) is 0.676. The number of methoxy groups -OCH3 is 1. The summed E-state index contributed by atoms with van der Waals surface area (Å²) in [7, 11) is 1.58. The van der Waals surface area contributed by atoms with Gasteiger partial charge >= 0.3 is 0 Å². The second-order valence-electron chi connectivity index (χ2n) is 6.04. The van der Waals surface area contributed by atoms with Gasteiger partial charge in [-0.15, -0.1) is 0 Å². The molecule has 1 fully saturated rings. The number of fused-ring (bicyclic) bond motifs is 1. The van der Waals surface area contributed by atoms with Crippen molar-refractivity contribution < 1.29 is 4.74 Å². The van der Waals surface area contributed by atoms with E-state index in [0.29, 0.717) is 23.2 Å². The Kier molecular flexibility index (Phi) is 3.20. The van der Waals surface area contributed by atoms with Gasteiger partial charge in [0, 0.05) is 12.3 Å². The molecule has 1 N–H and O–H groups in total. The van der Waals surface area contributed by atoms with E-state index in [0.717, 1.165) is 5.92 Å². The standard InChI is InChI=1S/C15H20N4O/c1-15(2)11-5-4-10(12(15)8-11)9-17-19-14-16-7-6-13(18-14)20-3/h4,6-7,9,11-12H,5,8H2,1-3H3,(H,16,18,19)/b17-9+. The van der Waals surface area contributed by atoms with Crippen LogP contribution in [0.1, 0.15) is 26.7 Å². The third-order valence-corrected chi connectivity index (χ3v) is 4.73. The minimum atomic E-state index is 0.419. The van der Waals surface area contributed by atoms with Gasteiger partial charge in [0.1, 0.15) is 0 Å². The first-order valence-electron chi connectivity index (χ1n) is 6.97. The van der Waals surface area contributed by atoms with Gasteiger partial charge in [-0.3, -0.25) is 0 Å². The van der Waals surface area contributed by atoms with Crippen LogP contribution in [0.5, 0.6) is 5.88 Å². The Hall–Kier alpha value is -1.91. The third-order valence-electron chi connectivity index (χ3n) is 4.73. The molecule has 0 aliphatic heterocycles. The molecule has 1 aromatic heterocycles. The number of hydrogen-bond donors (Lipinski definition) is 1. The molecular weight excluding hydrogens is 252 g/mol. The van der Waals surface area contributed by atoms with Crippen molar-refractivity contribution in [2.24, 2.45) is 22.4 Å². The van der Waals surface area contributed by atoms with Gasteiger partial charge < -0.3 is 4.74 Å². The van der Waals surface area contributed by atoms with E-state index >= 15 is 0 Å². The Bertz CT molecular complexity index is 565. The lowest BCUT2D eigenvalue weighted by molar-refractivity contribution is -0.00124. The summed E-state index contributed by atoms with van der Waals surface area (Å²) < 4.78 is 5.05. The van der Waals surface area contributed by atoms with Crippen LogP contribution in [0.25, 0.3) is 0 Å². The van der Waals surface area contributed by atoms with Crippen molar-refractivity contribution >= 4 is 12.2 Å². The molecule has 106 valence electrons. The minimum absolute atomic E-state index is 0.419. The normalized spacial score (nSPS) is 26.9. The zero-order valence-corrected chi connectivity index (χ0v) is 12.1. The first-order chi connectivity index (χ1) is 9.61. The fourth-order valence-corrected chi connectivity index (χ4v) is 3.22. The predicted octanol–water partition coefficient (Wildman–Crippen LogP) is 2.88. The topological polar surface area (TPSA) is 59.4 Å². The van der Waals surface area contributed by atoms with Crippen LogP contribution in [0.15, 0.2) is 29.0 Å².